The van der Waals surface area contributed by atoms with Gasteiger partial charge in [-0.1, -0.05) is 0 Å². The summed E-state index contributed by atoms with van der Waals surface area (Å²) in [6, 6.07) is 0. The Balaban J connectivity index is 0. The van der Waals surface area contributed by atoms with Crippen molar-refractivity contribution in [2.45, 2.75) is 6.43 Å². The SMILES string of the molecule is FC(F)=C(F)C(F)F.FC=C(F)F. The molecule has 8 heteroatoms. The molecular formula is C5H2F8. The van der Waals surface area contributed by atoms with Crippen LogP contribution in [0.15, 0.2) is 24.3 Å². The molecule has 0 atom stereocenters. The summed E-state index contributed by atoms with van der Waals surface area (Å²) in [6.45, 7) is 0. The summed E-state index contributed by atoms with van der Waals surface area (Å²) >= 11 is 0. The molecular weight excluding hydrogens is 212 g/mol. The number of hydrogen-bond acceptors (Lipinski definition) is 0. The number of rotatable bonds is 1. The highest BCUT2D eigenvalue weighted by Crippen LogP contribution is 2.16. The third-order valence-corrected chi connectivity index (χ3v) is 0.455. The third kappa shape index (κ3) is 10.9. The fourth-order valence-electron chi connectivity index (χ4n) is 0.0825. The highest BCUT2D eigenvalue weighted by Gasteiger charge is 2.16. The molecule has 0 aliphatic carbocycles. The van der Waals surface area contributed by atoms with Gasteiger partial charge in [0.2, 0.25) is 5.83 Å². The van der Waals surface area contributed by atoms with Crippen molar-refractivity contribution in [3.8, 4) is 0 Å². The van der Waals surface area contributed by atoms with E-state index in [9.17, 15) is 35.1 Å². The monoisotopic (exact) mass is 214 g/mol. The topological polar surface area (TPSA) is 0 Å². The first-order valence-corrected chi connectivity index (χ1v) is 2.43. The molecule has 0 fully saturated rings. The molecule has 0 aromatic heterocycles. The van der Waals surface area contributed by atoms with Gasteiger partial charge < -0.3 is 0 Å². The van der Waals surface area contributed by atoms with Crippen molar-refractivity contribution in [1.29, 1.82) is 0 Å². The number of hydrogen-bond donors (Lipinski definition) is 0. The maximum Gasteiger partial charge on any atom is 0.307 e. The van der Waals surface area contributed by atoms with Gasteiger partial charge in [0.1, 0.15) is 0 Å². The van der Waals surface area contributed by atoms with E-state index in [1.807, 2.05) is 0 Å². The largest absolute Gasteiger partial charge is 0.307 e. The molecule has 0 unspecified atom stereocenters. The van der Waals surface area contributed by atoms with Crippen LogP contribution in [0.25, 0.3) is 0 Å². The van der Waals surface area contributed by atoms with Gasteiger partial charge in [-0.25, -0.2) is 13.2 Å². The van der Waals surface area contributed by atoms with Crippen molar-refractivity contribution in [2.24, 2.45) is 0 Å². The van der Waals surface area contributed by atoms with Gasteiger partial charge in [-0.05, 0) is 0 Å². The first-order valence-electron chi connectivity index (χ1n) is 2.43. The van der Waals surface area contributed by atoms with Gasteiger partial charge in [-0.3, -0.25) is 0 Å². The lowest BCUT2D eigenvalue weighted by Gasteiger charge is -1.88. The van der Waals surface area contributed by atoms with Crippen molar-refractivity contribution in [1.82, 2.24) is 0 Å². The molecule has 13 heavy (non-hydrogen) atoms. The summed E-state index contributed by atoms with van der Waals surface area (Å²) in [5.41, 5.74) is 0. The fourth-order valence-corrected chi connectivity index (χ4v) is 0.0825. The summed E-state index contributed by atoms with van der Waals surface area (Å²) in [5.74, 6) is -2.65. The lowest BCUT2D eigenvalue weighted by molar-refractivity contribution is 0.145. The summed E-state index contributed by atoms with van der Waals surface area (Å²) in [6.07, 6.45) is -9.69. The Hall–Kier alpha value is -1.08. The van der Waals surface area contributed by atoms with E-state index in [4.69, 9.17) is 0 Å². The maximum absolute atomic E-state index is 11.0. The van der Waals surface area contributed by atoms with E-state index in [0.717, 1.165) is 0 Å². The van der Waals surface area contributed by atoms with E-state index in [2.05, 4.69) is 0 Å². The third-order valence-electron chi connectivity index (χ3n) is 0.455. The standard InChI is InChI=1S/C3HF5.C2HF3/c4-1(2(5)6)3(7)8;3-1-2(4)5/h2H;1H. The van der Waals surface area contributed by atoms with Crippen molar-refractivity contribution >= 4 is 0 Å². The second-order valence-corrected chi connectivity index (χ2v) is 1.31. The Bertz CT molecular complexity index is 185. The first kappa shape index (κ1) is 14.4. The highest BCUT2D eigenvalue weighted by molar-refractivity contribution is 4.93. The Morgan fingerprint density at radius 3 is 1.23 bits per heavy atom. The molecule has 0 rings (SSSR count). The molecule has 0 amide bonds. The Morgan fingerprint density at radius 1 is 0.923 bits per heavy atom. The van der Waals surface area contributed by atoms with Crippen molar-refractivity contribution in [3.63, 3.8) is 0 Å². The molecule has 0 bridgehead atoms. The molecule has 0 aromatic carbocycles. The zero-order valence-corrected chi connectivity index (χ0v) is 5.68. The molecule has 78 valence electrons. The van der Waals surface area contributed by atoms with E-state index in [0.29, 0.717) is 0 Å². The molecule has 0 aromatic rings. The van der Waals surface area contributed by atoms with Gasteiger partial charge in [-0.2, -0.15) is 22.0 Å². The molecule has 0 radical (unpaired) electrons. The van der Waals surface area contributed by atoms with E-state index >= 15 is 0 Å². The Morgan fingerprint density at radius 2 is 1.23 bits per heavy atom. The zero-order valence-electron chi connectivity index (χ0n) is 5.68. The van der Waals surface area contributed by atoms with Crippen LogP contribution in [0.3, 0.4) is 0 Å². The van der Waals surface area contributed by atoms with Crippen molar-refractivity contribution < 1.29 is 35.1 Å². The number of halogens is 8. The van der Waals surface area contributed by atoms with Gasteiger partial charge >= 0.3 is 6.08 Å². The van der Waals surface area contributed by atoms with Crippen molar-refractivity contribution in [2.75, 3.05) is 0 Å². The summed E-state index contributed by atoms with van der Waals surface area (Å²) in [5, 5.41) is 0. The van der Waals surface area contributed by atoms with Crippen LogP contribution < -0.4 is 0 Å². The normalized spacial score (nSPS) is 8.69. The molecule has 0 spiro atoms. The number of alkyl halides is 2. The van der Waals surface area contributed by atoms with E-state index in [1.54, 1.807) is 0 Å². The van der Waals surface area contributed by atoms with Gasteiger partial charge in [-0.15, -0.1) is 0 Å². The Kier molecular flexibility index (Phi) is 8.40. The molecule has 0 saturated heterocycles. The fraction of sp³-hybridized carbons (Fsp3) is 0.200. The minimum absolute atomic E-state index is 0.750. The van der Waals surface area contributed by atoms with Crippen LogP contribution in [0.1, 0.15) is 0 Å². The lowest BCUT2D eigenvalue weighted by Crippen LogP contribution is -1.90. The average molecular weight is 214 g/mol. The van der Waals surface area contributed by atoms with Crippen LogP contribution in [0, 0.1) is 0 Å². The maximum atomic E-state index is 11.0. The van der Waals surface area contributed by atoms with Gasteiger partial charge in [0.25, 0.3) is 12.5 Å². The minimum Gasteiger partial charge on any atom is -0.210 e. The predicted molar refractivity (Wildman–Crippen MR) is 27.8 cm³/mol. The van der Waals surface area contributed by atoms with E-state index < -0.39 is 30.7 Å². The van der Waals surface area contributed by atoms with E-state index in [-0.39, 0.29) is 0 Å². The van der Waals surface area contributed by atoms with Crippen LogP contribution in [0.5, 0.6) is 0 Å². The summed E-state index contributed by atoms with van der Waals surface area (Å²) in [4.78, 5) is 0. The second-order valence-electron chi connectivity index (χ2n) is 1.31. The lowest BCUT2D eigenvalue weighted by atomic mass is 10.6. The smallest absolute Gasteiger partial charge is 0.210 e. The van der Waals surface area contributed by atoms with Gasteiger partial charge in [0.15, 0.2) is 6.33 Å². The molecule has 0 aliphatic rings. The van der Waals surface area contributed by atoms with Crippen LogP contribution in [0.2, 0.25) is 0 Å². The number of allylic oxidation sites excluding steroid dienone is 1. The molecule has 0 aliphatic heterocycles. The van der Waals surface area contributed by atoms with Crippen LogP contribution in [-0.4, -0.2) is 6.43 Å². The molecule has 0 nitrogen and oxygen atoms in total. The van der Waals surface area contributed by atoms with Gasteiger partial charge in [0.05, 0.1) is 0 Å². The average Bonchev–Trinajstić information content (AvgIpc) is 2.03. The van der Waals surface area contributed by atoms with E-state index in [1.165, 1.54) is 0 Å². The predicted octanol–water partition coefficient (Wildman–Crippen LogP) is 4.02. The summed E-state index contributed by atoms with van der Waals surface area (Å²) in [7, 11) is 0. The first-order chi connectivity index (χ1) is 5.82. The van der Waals surface area contributed by atoms with Crippen molar-refractivity contribution in [3.05, 3.63) is 24.3 Å². The van der Waals surface area contributed by atoms with Crippen LogP contribution >= 0.6 is 0 Å². The molecule has 0 heterocycles. The summed E-state index contributed by atoms with van der Waals surface area (Å²) < 4.78 is 84.7. The Labute approximate surface area is 67.1 Å². The molecule has 0 N–H and O–H groups in total. The van der Waals surface area contributed by atoms with Gasteiger partial charge in [0, 0.05) is 0 Å². The van der Waals surface area contributed by atoms with Crippen LogP contribution in [0.4, 0.5) is 35.1 Å². The zero-order chi connectivity index (χ0) is 11.0. The quantitative estimate of drug-likeness (QED) is 0.578. The minimum atomic E-state index is -3.69. The highest BCUT2D eigenvalue weighted by atomic mass is 19.3. The second kappa shape index (κ2) is 7.56. The molecule has 0 saturated carbocycles. The van der Waals surface area contributed by atoms with Crippen LogP contribution in [-0.2, 0) is 0 Å².